The molecular formula is C16H20N2O2S. The van der Waals surface area contributed by atoms with E-state index in [1.807, 2.05) is 31.4 Å². The van der Waals surface area contributed by atoms with Crippen molar-refractivity contribution in [3.05, 3.63) is 46.2 Å². The summed E-state index contributed by atoms with van der Waals surface area (Å²) in [5, 5.41) is 2.01. The Morgan fingerprint density at radius 3 is 2.81 bits per heavy atom. The van der Waals surface area contributed by atoms with Crippen LogP contribution in [0.25, 0.3) is 0 Å². The fourth-order valence-corrected chi connectivity index (χ4v) is 2.92. The Kier molecular flexibility index (Phi) is 4.85. The van der Waals surface area contributed by atoms with E-state index in [-0.39, 0.29) is 11.9 Å². The number of nitrogen functional groups attached to an aromatic ring is 1. The van der Waals surface area contributed by atoms with Crippen molar-refractivity contribution in [1.82, 2.24) is 4.90 Å². The Morgan fingerprint density at radius 2 is 2.19 bits per heavy atom. The first-order chi connectivity index (χ1) is 10.0. The minimum absolute atomic E-state index is 0.0227. The van der Waals surface area contributed by atoms with Crippen LogP contribution >= 0.6 is 11.3 Å². The summed E-state index contributed by atoms with van der Waals surface area (Å²) in [6.45, 7) is 4.45. The SMILES string of the molecule is CCOc1cc(N)cc(C(=O)N(C)C(C)c2cccs2)c1. The standard InChI is InChI=1S/C16H20N2O2S/c1-4-20-14-9-12(8-13(17)10-14)16(19)18(3)11(2)15-6-5-7-21-15/h5-11H,4,17H2,1-3H3. The highest BCUT2D eigenvalue weighted by molar-refractivity contribution is 7.10. The maximum Gasteiger partial charge on any atom is 0.254 e. The number of nitrogens with two attached hydrogens (primary N) is 1. The number of hydrogen-bond acceptors (Lipinski definition) is 4. The number of carbonyl (C=O) groups excluding carboxylic acids is 1. The van der Waals surface area contributed by atoms with Gasteiger partial charge in [0, 0.05) is 29.2 Å². The van der Waals surface area contributed by atoms with Crippen LogP contribution in [0, 0.1) is 0 Å². The van der Waals surface area contributed by atoms with Crippen molar-refractivity contribution in [3.63, 3.8) is 0 Å². The molecular weight excluding hydrogens is 284 g/mol. The van der Waals surface area contributed by atoms with Crippen LogP contribution in [0.1, 0.15) is 35.1 Å². The predicted octanol–water partition coefficient (Wildman–Crippen LogP) is 3.56. The average molecular weight is 304 g/mol. The number of benzene rings is 1. The molecule has 1 unspecified atom stereocenters. The Balaban J connectivity index is 2.22. The fraction of sp³-hybridized carbons (Fsp3) is 0.312. The summed E-state index contributed by atoms with van der Waals surface area (Å²) >= 11 is 1.64. The molecule has 0 aliphatic carbocycles. The van der Waals surface area contributed by atoms with Crippen LogP contribution in [-0.2, 0) is 0 Å². The van der Waals surface area contributed by atoms with Crippen LogP contribution in [-0.4, -0.2) is 24.5 Å². The molecule has 0 spiro atoms. The molecule has 1 aromatic carbocycles. The molecule has 0 fully saturated rings. The van der Waals surface area contributed by atoms with Crippen LogP contribution in [0.5, 0.6) is 5.75 Å². The lowest BCUT2D eigenvalue weighted by molar-refractivity contribution is 0.0744. The molecule has 2 aromatic rings. The van der Waals surface area contributed by atoms with Gasteiger partial charge in [-0.25, -0.2) is 0 Å². The first-order valence-corrected chi connectivity index (χ1v) is 7.74. The van der Waals surface area contributed by atoms with Gasteiger partial charge in [0.05, 0.1) is 12.6 Å². The number of amides is 1. The van der Waals surface area contributed by atoms with Crippen LogP contribution < -0.4 is 10.5 Å². The topological polar surface area (TPSA) is 55.6 Å². The molecule has 1 aromatic heterocycles. The molecule has 21 heavy (non-hydrogen) atoms. The number of anilines is 1. The van der Waals surface area contributed by atoms with Gasteiger partial charge in [-0.05, 0) is 37.4 Å². The van der Waals surface area contributed by atoms with E-state index >= 15 is 0 Å². The Labute approximate surface area is 129 Å². The van der Waals surface area contributed by atoms with Gasteiger partial charge in [-0.2, -0.15) is 0 Å². The zero-order valence-electron chi connectivity index (χ0n) is 12.5. The van der Waals surface area contributed by atoms with Gasteiger partial charge in [-0.15, -0.1) is 11.3 Å². The highest BCUT2D eigenvalue weighted by Crippen LogP contribution is 2.26. The number of ether oxygens (including phenoxy) is 1. The maximum atomic E-state index is 12.6. The lowest BCUT2D eigenvalue weighted by Crippen LogP contribution is -2.29. The minimum Gasteiger partial charge on any atom is -0.494 e. The third kappa shape index (κ3) is 3.55. The van der Waals surface area contributed by atoms with E-state index in [1.54, 1.807) is 41.5 Å². The highest BCUT2D eigenvalue weighted by Gasteiger charge is 2.20. The summed E-state index contributed by atoms with van der Waals surface area (Å²) in [6, 6.07) is 9.19. The van der Waals surface area contributed by atoms with Crippen LogP contribution in [0.2, 0.25) is 0 Å². The second-order valence-electron chi connectivity index (χ2n) is 4.83. The second kappa shape index (κ2) is 6.63. The second-order valence-corrected chi connectivity index (χ2v) is 5.81. The van der Waals surface area contributed by atoms with Gasteiger partial charge in [0.2, 0.25) is 0 Å². The van der Waals surface area contributed by atoms with Crippen molar-refractivity contribution < 1.29 is 9.53 Å². The summed E-state index contributed by atoms with van der Waals surface area (Å²) < 4.78 is 5.44. The fourth-order valence-electron chi connectivity index (χ4n) is 2.09. The van der Waals surface area contributed by atoms with E-state index in [4.69, 9.17) is 10.5 Å². The van der Waals surface area contributed by atoms with E-state index in [0.29, 0.717) is 23.6 Å². The minimum atomic E-state index is -0.0656. The monoisotopic (exact) mass is 304 g/mol. The Bertz CT molecular complexity index is 611. The molecule has 5 heteroatoms. The van der Waals surface area contributed by atoms with Gasteiger partial charge in [0.1, 0.15) is 5.75 Å². The molecule has 2 rings (SSSR count). The quantitative estimate of drug-likeness (QED) is 0.859. The summed E-state index contributed by atoms with van der Waals surface area (Å²) in [5.41, 5.74) is 6.92. The number of thiophene rings is 1. The van der Waals surface area contributed by atoms with E-state index < -0.39 is 0 Å². The Hall–Kier alpha value is -2.01. The molecule has 4 nitrogen and oxygen atoms in total. The smallest absolute Gasteiger partial charge is 0.254 e. The van der Waals surface area contributed by atoms with Gasteiger partial charge in [-0.3, -0.25) is 4.79 Å². The predicted molar refractivity (Wildman–Crippen MR) is 86.9 cm³/mol. The zero-order chi connectivity index (χ0) is 15.4. The van der Waals surface area contributed by atoms with Crippen LogP contribution in [0.3, 0.4) is 0 Å². The largest absolute Gasteiger partial charge is 0.494 e. The highest BCUT2D eigenvalue weighted by atomic mass is 32.1. The molecule has 0 radical (unpaired) electrons. The number of carbonyl (C=O) groups is 1. The molecule has 0 aliphatic heterocycles. The van der Waals surface area contributed by atoms with Crippen molar-refractivity contribution >= 4 is 22.9 Å². The van der Waals surface area contributed by atoms with Gasteiger partial charge >= 0.3 is 0 Å². The van der Waals surface area contributed by atoms with Gasteiger partial charge in [0.25, 0.3) is 5.91 Å². The van der Waals surface area contributed by atoms with E-state index in [9.17, 15) is 4.79 Å². The molecule has 2 N–H and O–H groups in total. The van der Waals surface area contributed by atoms with Crippen molar-refractivity contribution in [3.8, 4) is 5.75 Å². The number of hydrogen-bond donors (Lipinski definition) is 1. The molecule has 0 saturated carbocycles. The maximum absolute atomic E-state index is 12.6. The lowest BCUT2D eigenvalue weighted by atomic mass is 10.1. The molecule has 112 valence electrons. The zero-order valence-corrected chi connectivity index (χ0v) is 13.3. The van der Waals surface area contributed by atoms with Crippen molar-refractivity contribution in [2.75, 3.05) is 19.4 Å². The molecule has 0 aliphatic rings. The van der Waals surface area contributed by atoms with Crippen LogP contribution in [0.4, 0.5) is 5.69 Å². The van der Waals surface area contributed by atoms with Gasteiger partial charge in [0.15, 0.2) is 0 Å². The first kappa shape index (κ1) is 15.4. The third-order valence-electron chi connectivity index (χ3n) is 3.34. The molecule has 0 bridgehead atoms. The molecule has 1 heterocycles. The van der Waals surface area contributed by atoms with Crippen molar-refractivity contribution in [2.45, 2.75) is 19.9 Å². The first-order valence-electron chi connectivity index (χ1n) is 6.86. The van der Waals surface area contributed by atoms with Crippen molar-refractivity contribution in [2.24, 2.45) is 0 Å². The van der Waals surface area contributed by atoms with Crippen LogP contribution in [0.15, 0.2) is 35.7 Å². The average Bonchev–Trinajstić information content (AvgIpc) is 2.98. The number of nitrogens with zero attached hydrogens (tertiary/aromatic N) is 1. The molecule has 1 atom stereocenters. The summed E-state index contributed by atoms with van der Waals surface area (Å²) in [5.74, 6) is 0.558. The third-order valence-corrected chi connectivity index (χ3v) is 4.39. The summed E-state index contributed by atoms with van der Waals surface area (Å²) in [6.07, 6.45) is 0. The summed E-state index contributed by atoms with van der Waals surface area (Å²) in [7, 11) is 1.80. The van der Waals surface area contributed by atoms with Crippen molar-refractivity contribution in [1.29, 1.82) is 0 Å². The Morgan fingerprint density at radius 1 is 1.43 bits per heavy atom. The van der Waals surface area contributed by atoms with Gasteiger partial charge in [-0.1, -0.05) is 6.07 Å². The van der Waals surface area contributed by atoms with E-state index in [2.05, 4.69) is 0 Å². The summed E-state index contributed by atoms with van der Waals surface area (Å²) in [4.78, 5) is 15.5. The van der Waals surface area contributed by atoms with Gasteiger partial charge < -0.3 is 15.4 Å². The normalized spacial score (nSPS) is 12.0. The molecule has 0 saturated heterocycles. The lowest BCUT2D eigenvalue weighted by Gasteiger charge is -2.24. The molecule has 1 amide bonds. The number of rotatable bonds is 5. The van der Waals surface area contributed by atoms with E-state index in [0.717, 1.165) is 4.88 Å². The van der Waals surface area contributed by atoms with E-state index in [1.165, 1.54) is 0 Å².